The highest BCUT2D eigenvalue weighted by Gasteiger charge is 2.30. The molecule has 2 N–H and O–H groups in total. The van der Waals surface area contributed by atoms with Crippen molar-refractivity contribution in [3.05, 3.63) is 28.8 Å². The molecule has 0 aromatic heterocycles. The summed E-state index contributed by atoms with van der Waals surface area (Å²) >= 11 is 6.02. The zero-order valence-corrected chi connectivity index (χ0v) is 12.6. The van der Waals surface area contributed by atoms with Gasteiger partial charge >= 0.3 is 0 Å². The standard InChI is InChI=1S/C16H24ClNO/c1-3-11-6-4-5-7-13(11)16(18)14-9-8-12(17)10-15(14)19-2/h8-11,13,16H,3-7,18H2,1-2H3. The van der Waals surface area contributed by atoms with Crippen LogP contribution in [0.1, 0.15) is 50.6 Å². The molecule has 106 valence electrons. The molecular weight excluding hydrogens is 258 g/mol. The second-order valence-electron chi connectivity index (χ2n) is 5.53. The second kappa shape index (κ2) is 6.62. The third-order valence-electron chi connectivity index (χ3n) is 4.51. The van der Waals surface area contributed by atoms with Gasteiger partial charge in [-0.3, -0.25) is 0 Å². The van der Waals surface area contributed by atoms with Gasteiger partial charge in [0.25, 0.3) is 0 Å². The van der Waals surface area contributed by atoms with Crippen molar-refractivity contribution in [3.8, 4) is 5.75 Å². The number of methoxy groups -OCH3 is 1. The predicted octanol–water partition coefficient (Wildman–Crippen LogP) is 4.56. The average Bonchev–Trinajstić information content (AvgIpc) is 2.46. The van der Waals surface area contributed by atoms with Crippen molar-refractivity contribution in [3.63, 3.8) is 0 Å². The number of halogens is 1. The molecule has 3 atom stereocenters. The van der Waals surface area contributed by atoms with E-state index in [2.05, 4.69) is 6.92 Å². The molecule has 0 aliphatic heterocycles. The van der Waals surface area contributed by atoms with Crippen LogP contribution in [0.5, 0.6) is 5.75 Å². The first-order valence-electron chi connectivity index (χ1n) is 7.26. The highest BCUT2D eigenvalue weighted by molar-refractivity contribution is 6.30. The van der Waals surface area contributed by atoms with Crippen molar-refractivity contribution in [2.75, 3.05) is 7.11 Å². The van der Waals surface area contributed by atoms with Crippen molar-refractivity contribution in [1.29, 1.82) is 0 Å². The van der Waals surface area contributed by atoms with Gasteiger partial charge in [-0.2, -0.15) is 0 Å². The van der Waals surface area contributed by atoms with Crippen LogP contribution in [0, 0.1) is 11.8 Å². The predicted molar refractivity (Wildman–Crippen MR) is 80.7 cm³/mol. The van der Waals surface area contributed by atoms with Gasteiger partial charge in [0, 0.05) is 16.6 Å². The maximum atomic E-state index is 6.54. The second-order valence-corrected chi connectivity index (χ2v) is 5.97. The number of nitrogens with two attached hydrogens (primary N) is 1. The van der Waals surface area contributed by atoms with Gasteiger partial charge in [-0.15, -0.1) is 0 Å². The Bertz CT molecular complexity index is 421. The third-order valence-corrected chi connectivity index (χ3v) is 4.74. The van der Waals surface area contributed by atoms with E-state index in [4.69, 9.17) is 22.1 Å². The first-order valence-corrected chi connectivity index (χ1v) is 7.64. The van der Waals surface area contributed by atoms with Crippen molar-refractivity contribution in [1.82, 2.24) is 0 Å². The van der Waals surface area contributed by atoms with Crippen molar-refractivity contribution in [2.45, 2.75) is 45.1 Å². The number of benzene rings is 1. The number of hydrogen-bond donors (Lipinski definition) is 1. The molecule has 3 heteroatoms. The van der Waals surface area contributed by atoms with Gasteiger partial charge in [-0.1, -0.05) is 50.3 Å². The highest BCUT2D eigenvalue weighted by atomic mass is 35.5. The van der Waals surface area contributed by atoms with Gasteiger partial charge < -0.3 is 10.5 Å². The van der Waals surface area contributed by atoms with Crippen molar-refractivity contribution < 1.29 is 4.74 Å². The van der Waals surface area contributed by atoms with Crippen molar-refractivity contribution in [2.24, 2.45) is 17.6 Å². The Morgan fingerprint density at radius 1 is 1.37 bits per heavy atom. The average molecular weight is 282 g/mol. The summed E-state index contributed by atoms with van der Waals surface area (Å²) in [6, 6.07) is 5.84. The number of ether oxygens (including phenoxy) is 1. The minimum atomic E-state index is 0.0532. The van der Waals surface area contributed by atoms with Gasteiger partial charge in [0.15, 0.2) is 0 Å². The quantitative estimate of drug-likeness (QED) is 0.878. The molecule has 19 heavy (non-hydrogen) atoms. The van der Waals surface area contributed by atoms with Crippen LogP contribution in [0.25, 0.3) is 0 Å². The summed E-state index contributed by atoms with van der Waals surface area (Å²) in [5, 5.41) is 0.698. The van der Waals surface area contributed by atoms with Crippen molar-refractivity contribution >= 4 is 11.6 Å². The minimum Gasteiger partial charge on any atom is -0.496 e. The van der Waals surface area contributed by atoms with Gasteiger partial charge in [0.05, 0.1) is 7.11 Å². The maximum absolute atomic E-state index is 6.54. The smallest absolute Gasteiger partial charge is 0.125 e. The van der Waals surface area contributed by atoms with E-state index < -0.39 is 0 Å². The summed E-state index contributed by atoms with van der Waals surface area (Å²) in [6.45, 7) is 2.27. The Hall–Kier alpha value is -0.730. The molecule has 1 aliphatic carbocycles. The van der Waals surface area contributed by atoms with Crippen LogP contribution in [0.15, 0.2) is 18.2 Å². The maximum Gasteiger partial charge on any atom is 0.125 e. The summed E-state index contributed by atoms with van der Waals surface area (Å²) < 4.78 is 5.44. The summed E-state index contributed by atoms with van der Waals surface area (Å²) in [5.41, 5.74) is 7.63. The Morgan fingerprint density at radius 2 is 2.11 bits per heavy atom. The Labute approximate surface area is 121 Å². The minimum absolute atomic E-state index is 0.0532. The summed E-state index contributed by atoms with van der Waals surface area (Å²) in [4.78, 5) is 0. The van der Waals surface area contributed by atoms with E-state index in [1.54, 1.807) is 7.11 Å². The summed E-state index contributed by atoms with van der Waals surface area (Å²) in [5.74, 6) is 2.12. The van der Waals surface area contributed by atoms with Crippen LogP contribution >= 0.6 is 11.6 Å². The van der Waals surface area contributed by atoms with Gasteiger partial charge in [0.1, 0.15) is 5.75 Å². The SMILES string of the molecule is CCC1CCCCC1C(N)c1ccc(Cl)cc1OC. The fourth-order valence-electron chi connectivity index (χ4n) is 3.41. The lowest BCUT2D eigenvalue weighted by molar-refractivity contribution is 0.194. The molecule has 0 spiro atoms. The monoisotopic (exact) mass is 281 g/mol. The molecule has 2 rings (SSSR count). The first kappa shape index (κ1) is 14.7. The topological polar surface area (TPSA) is 35.2 Å². The lowest BCUT2D eigenvalue weighted by Crippen LogP contribution is -2.30. The molecule has 1 fully saturated rings. The molecule has 1 saturated carbocycles. The fourth-order valence-corrected chi connectivity index (χ4v) is 3.57. The fraction of sp³-hybridized carbons (Fsp3) is 0.625. The Morgan fingerprint density at radius 3 is 2.79 bits per heavy atom. The largest absolute Gasteiger partial charge is 0.496 e. The molecule has 0 heterocycles. The summed E-state index contributed by atoms with van der Waals surface area (Å²) in [6.07, 6.45) is 6.40. The van der Waals surface area contributed by atoms with Gasteiger partial charge in [-0.25, -0.2) is 0 Å². The molecule has 1 aliphatic rings. The lowest BCUT2D eigenvalue weighted by atomic mass is 9.72. The van der Waals surface area contributed by atoms with E-state index in [0.29, 0.717) is 10.9 Å². The van der Waals surface area contributed by atoms with Crippen LogP contribution < -0.4 is 10.5 Å². The molecule has 3 unspecified atom stereocenters. The van der Waals surface area contributed by atoms with Crippen LogP contribution in [-0.4, -0.2) is 7.11 Å². The number of rotatable bonds is 4. The van der Waals surface area contributed by atoms with Crippen LogP contribution in [0.4, 0.5) is 0 Å². The first-order chi connectivity index (χ1) is 9.17. The molecule has 0 saturated heterocycles. The molecule has 0 bridgehead atoms. The normalized spacial score (nSPS) is 25.1. The molecule has 0 amide bonds. The van der Waals surface area contributed by atoms with E-state index in [-0.39, 0.29) is 6.04 Å². The zero-order chi connectivity index (χ0) is 13.8. The highest BCUT2D eigenvalue weighted by Crippen LogP contribution is 2.41. The van der Waals surface area contributed by atoms with E-state index in [9.17, 15) is 0 Å². The summed E-state index contributed by atoms with van der Waals surface area (Å²) in [7, 11) is 1.68. The molecule has 1 aromatic rings. The zero-order valence-electron chi connectivity index (χ0n) is 11.9. The van der Waals surface area contributed by atoms with Crippen LogP contribution in [-0.2, 0) is 0 Å². The molecular formula is C16H24ClNO. The Kier molecular flexibility index (Phi) is 5.12. The molecule has 2 nitrogen and oxygen atoms in total. The van der Waals surface area contributed by atoms with E-state index in [1.165, 1.54) is 32.1 Å². The van der Waals surface area contributed by atoms with E-state index >= 15 is 0 Å². The number of hydrogen-bond acceptors (Lipinski definition) is 2. The third kappa shape index (κ3) is 3.24. The molecule has 1 aromatic carbocycles. The van der Waals surface area contributed by atoms with E-state index in [1.807, 2.05) is 18.2 Å². The Balaban J connectivity index is 2.24. The lowest BCUT2D eigenvalue weighted by Gasteiger charge is -2.35. The van der Waals surface area contributed by atoms with Gasteiger partial charge in [-0.05, 0) is 30.4 Å². The van der Waals surface area contributed by atoms with Gasteiger partial charge in [0.2, 0.25) is 0 Å². The molecule has 0 radical (unpaired) electrons. The van der Waals surface area contributed by atoms with Crippen LogP contribution in [0.3, 0.4) is 0 Å². The van der Waals surface area contributed by atoms with E-state index in [0.717, 1.165) is 17.2 Å². The van der Waals surface area contributed by atoms with Crippen LogP contribution in [0.2, 0.25) is 5.02 Å².